The number of hydrogen-bond acceptors (Lipinski definition) is 5. The van der Waals surface area contributed by atoms with Crippen molar-refractivity contribution in [2.45, 2.75) is 12.8 Å². The van der Waals surface area contributed by atoms with Crippen LogP contribution in [-0.2, 0) is 4.79 Å². The number of benzene rings is 1. The lowest BCUT2D eigenvalue weighted by Gasteiger charge is -2.15. The lowest BCUT2D eigenvalue weighted by atomic mass is 10.1. The molecule has 4 N–H and O–H groups in total. The summed E-state index contributed by atoms with van der Waals surface area (Å²) in [7, 11) is 3.05. The van der Waals surface area contributed by atoms with E-state index in [1.165, 1.54) is 14.2 Å². The van der Waals surface area contributed by atoms with E-state index >= 15 is 0 Å². The Morgan fingerprint density at radius 2 is 1.85 bits per heavy atom. The van der Waals surface area contributed by atoms with E-state index in [4.69, 9.17) is 20.4 Å². The number of amides is 1. The van der Waals surface area contributed by atoms with Gasteiger partial charge in [0.15, 0.2) is 5.84 Å². The van der Waals surface area contributed by atoms with Crippen LogP contribution in [0.15, 0.2) is 23.4 Å². The van der Waals surface area contributed by atoms with Gasteiger partial charge in [-0.3, -0.25) is 4.79 Å². The molecule has 20 heavy (non-hydrogen) atoms. The molecule has 0 bridgehead atoms. The molecule has 0 radical (unpaired) electrons. The number of ether oxygens (including phenoxy) is 2. The molecule has 0 atom stereocenters. The predicted octanol–water partition coefficient (Wildman–Crippen LogP) is 1.17. The van der Waals surface area contributed by atoms with Crippen molar-refractivity contribution in [3.63, 3.8) is 0 Å². The third-order valence-electron chi connectivity index (χ3n) is 3.39. The van der Waals surface area contributed by atoms with Crippen LogP contribution in [0.1, 0.15) is 12.8 Å². The van der Waals surface area contributed by atoms with E-state index in [1.54, 1.807) is 18.2 Å². The van der Waals surface area contributed by atoms with Crippen LogP contribution in [0.25, 0.3) is 0 Å². The van der Waals surface area contributed by atoms with Crippen molar-refractivity contribution >= 4 is 17.4 Å². The largest absolute Gasteiger partial charge is 0.497 e. The van der Waals surface area contributed by atoms with Gasteiger partial charge in [0.05, 0.1) is 14.2 Å². The Labute approximate surface area is 116 Å². The molecule has 7 nitrogen and oxygen atoms in total. The first-order chi connectivity index (χ1) is 9.55. The van der Waals surface area contributed by atoms with Crippen LogP contribution >= 0.6 is 0 Å². The number of hydrogen-bond donors (Lipinski definition) is 3. The summed E-state index contributed by atoms with van der Waals surface area (Å²) < 4.78 is 10.3. The molecule has 1 aromatic rings. The Balaban J connectivity index is 2.20. The zero-order valence-electron chi connectivity index (χ0n) is 11.3. The third-order valence-corrected chi connectivity index (χ3v) is 3.39. The van der Waals surface area contributed by atoms with Gasteiger partial charge in [-0.15, -0.1) is 0 Å². The molecule has 1 aromatic carbocycles. The number of carbonyl (C=O) groups is 1. The van der Waals surface area contributed by atoms with Crippen molar-refractivity contribution in [3.8, 4) is 11.5 Å². The highest BCUT2D eigenvalue weighted by atomic mass is 16.5. The average molecular weight is 279 g/mol. The topological polar surface area (TPSA) is 106 Å². The smallest absolute Gasteiger partial charge is 0.238 e. The Bertz CT molecular complexity index is 530. The Kier molecular flexibility index (Phi) is 3.69. The molecule has 1 aliphatic carbocycles. The molecule has 0 spiro atoms. The second-order valence-electron chi connectivity index (χ2n) is 4.62. The van der Waals surface area contributed by atoms with E-state index in [9.17, 15) is 4.79 Å². The fraction of sp³-hybridized carbons (Fsp3) is 0.385. The third kappa shape index (κ3) is 2.47. The molecule has 7 heteroatoms. The SMILES string of the molecule is COc1cc(NC(=O)C2(/C(N)=N/O)CC2)cc(OC)c1. The van der Waals surface area contributed by atoms with Crippen molar-refractivity contribution in [1.82, 2.24) is 0 Å². The molecule has 0 saturated heterocycles. The van der Waals surface area contributed by atoms with Crippen molar-refractivity contribution in [3.05, 3.63) is 18.2 Å². The molecule has 1 fully saturated rings. The normalized spacial score (nSPS) is 16.4. The summed E-state index contributed by atoms with van der Waals surface area (Å²) in [5.41, 5.74) is 5.20. The number of carbonyl (C=O) groups excluding carboxylic acids is 1. The van der Waals surface area contributed by atoms with Crippen molar-refractivity contribution in [1.29, 1.82) is 0 Å². The van der Waals surface area contributed by atoms with Gasteiger partial charge in [0.25, 0.3) is 0 Å². The number of rotatable bonds is 5. The minimum Gasteiger partial charge on any atom is -0.497 e. The van der Waals surface area contributed by atoms with Crippen LogP contribution in [0.3, 0.4) is 0 Å². The van der Waals surface area contributed by atoms with Gasteiger partial charge in [0.1, 0.15) is 16.9 Å². The van der Waals surface area contributed by atoms with E-state index in [0.29, 0.717) is 30.0 Å². The fourth-order valence-electron chi connectivity index (χ4n) is 1.95. The summed E-state index contributed by atoms with van der Waals surface area (Å²) >= 11 is 0. The van der Waals surface area contributed by atoms with Crippen molar-refractivity contribution < 1.29 is 19.5 Å². The Hall–Kier alpha value is -2.44. The van der Waals surface area contributed by atoms with Gasteiger partial charge in [0, 0.05) is 23.9 Å². The van der Waals surface area contributed by atoms with Gasteiger partial charge < -0.3 is 25.7 Å². The van der Waals surface area contributed by atoms with Crippen LogP contribution in [0.4, 0.5) is 5.69 Å². The summed E-state index contributed by atoms with van der Waals surface area (Å²) in [4.78, 5) is 12.2. The van der Waals surface area contributed by atoms with E-state index in [-0.39, 0.29) is 11.7 Å². The minimum absolute atomic E-state index is 0.0649. The molecule has 108 valence electrons. The van der Waals surface area contributed by atoms with Crippen LogP contribution in [0.5, 0.6) is 11.5 Å². The Morgan fingerprint density at radius 1 is 1.30 bits per heavy atom. The molecule has 0 aromatic heterocycles. The first-order valence-electron chi connectivity index (χ1n) is 6.08. The molecular weight excluding hydrogens is 262 g/mol. The highest BCUT2D eigenvalue weighted by molar-refractivity contribution is 6.14. The summed E-state index contributed by atoms with van der Waals surface area (Å²) in [6, 6.07) is 5.04. The molecule has 0 heterocycles. The summed E-state index contributed by atoms with van der Waals surface area (Å²) in [6.45, 7) is 0. The number of nitrogens with two attached hydrogens (primary N) is 1. The maximum absolute atomic E-state index is 12.2. The van der Waals surface area contributed by atoms with E-state index in [1.807, 2.05) is 0 Å². The first-order valence-corrected chi connectivity index (χ1v) is 6.08. The quantitative estimate of drug-likeness (QED) is 0.324. The van der Waals surface area contributed by atoms with Crippen molar-refractivity contribution in [2.75, 3.05) is 19.5 Å². The summed E-state index contributed by atoms with van der Waals surface area (Å²) in [5, 5.41) is 14.4. The fourth-order valence-corrected chi connectivity index (χ4v) is 1.95. The molecule has 1 saturated carbocycles. The monoisotopic (exact) mass is 279 g/mol. The molecule has 1 aliphatic rings. The standard InChI is InChI=1S/C13H17N3O4/c1-19-9-5-8(6-10(7-9)20-2)15-12(17)13(3-4-13)11(14)16-18/h5-7,18H,3-4H2,1-2H3,(H2,14,16)(H,15,17). The molecule has 0 aliphatic heterocycles. The van der Waals surface area contributed by atoms with Gasteiger partial charge >= 0.3 is 0 Å². The minimum atomic E-state index is -0.898. The number of nitrogens with zero attached hydrogens (tertiary/aromatic N) is 1. The van der Waals surface area contributed by atoms with E-state index in [0.717, 1.165) is 0 Å². The average Bonchev–Trinajstić information content (AvgIpc) is 3.27. The van der Waals surface area contributed by atoms with Crippen LogP contribution < -0.4 is 20.5 Å². The second-order valence-corrected chi connectivity index (χ2v) is 4.62. The molecular formula is C13H17N3O4. The first kappa shape index (κ1) is 14.0. The maximum atomic E-state index is 12.2. The van der Waals surface area contributed by atoms with Gasteiger partial charge in [0.2, 0.25) is 5.91 Å². The summed E-state index contributed by atoms with van der Waals surface area (Å²) in [5.74, 6) is 0.759. The number of amidine groups is 1. The van der Waals surface area contributed by atoms with Crippen LogP contribution in [0, 0.1) is 5.41 Å². The number of oxime groups is 1. The number of methoxy groups -OCH3 is 2. The van der Waals surface area contributed by atoms with E-state index < -0.39 is 5.41 Å². The highest BCUT2D eigenvalue weighted by Crippen LogP contribution is 2.46. The number of anilines is 1. The van der Waals surface area contributed by atoms with Gasteiger partial charge in [-0.1, -0.05) is 5.16 Å². The zero-order chi connectivity index (χ0) is 14.8. The second kappa shape index (κ2) is 5.28. The van der Waals surface area contributed by atoms with Gasteiger partial charge in [-0.05, 0) is 12.8 Å². The number of nitrogens with one attached hydrogen (secondary N) is 1. The van der Waals surface area contributed by atoms with Gasteiger partial charge in [-0.2, -0.15) is 0 Å². The predicted molar refractivity (Wildman–Crippen MR) is 73.3 cm³/mol. The van der Waals surface area contributed by atoms with Crippen LogP contribution in [-0.4, -0.2) is 31.2 Å². The summed E-state index contributed by atoms with van der Waals surface area (Å²) in [6.07, 6.45) is 1.13. The molecule has 2 rings (SSSR count). The molecule has 1 amide bonds. The lowest BCUT2D eigenvalue weighted by molar-refractivity contribution is -0.119. The zero-order valence-corrected chi connectivity index (χ0v) is 11.3. The molecule has 0 unspecified atom stereocenters. The Morgan fingerprint density at radius 3 is 2.25 bits per heavy atom. The lowest BCUT2D eigenvalue weighted by Crippen LogP contribution is -2.36. The van der Waals surface area contributed by atoms with Crippen molar-refractivity contribution in [2.24, 2.45) is 16.3 Å². The maximum Gasteiger partial charge on any atom is 0.238 e. The van der Waals surface area contributed by atoms with Crippen LogP contribution in [0.2, 0.25) is 0 Å². The highest BCUT2D eigenvalue weighted by Gasteiger charge is 2.54. The van der Waals surface area contributed by atoms with E-state index in [2.05, 4.69) is 10.5 Å². The van der Waals surface area contributed by atoms with Gasteiger partial charge in [-0.25, -0.2) is 0 Å².